The Morgan fingerprint density at radius 2 is 2.10 bits per heavy atom. The Morgan fingerprint density at radius 1 is 1.30 bits per heavy atom. The molecule has 0 saturated carbocycles. The summed E-state index contributed by atoms with van der Waals surface area (Å²) in [4.78, 5) is 9.28. The molecule has 0 unspecified atom stereocenters. The van der Waals surface area contributed by atoms with Gasteiger partial charge in [0.05, 0.1) is 24.3 Å². The van der Waals surface area contributed by atoms with Crippen molar-refractivity contribution in [3.8, 4) is 11.3 Å². The molecule has 0 aliphatic carbocycles. The van der Waals surface area contributed by atoms with E-state index in [2.05, 4.69) is 27.0 Å². The predicted molar refractivity (Wildman–Crippen MR) is 81.5 cm³/mol. The summed E-state index contributed by atoms with van der Waals surface area (Å²) in [6, 6.07) is 10.1. The van der Waals surface area contributed by atoms with E-state index in [1.54, 1.807) is 0 Å². The third kappa shape index (κ3) is 2.37. The Balaban J connectivity index is 2.07. The summed E-state index contributed by atoms with van der Waals surface area (Å²) in [6.07, 6.45) is 0. The van der Waals surface area contributed by atoms with Crippen LogP contribution in [0.15, 0.2) is 34.8 Å². The van der Waals surface area contributed by atoms with E-state index >= 15 is 0 Å². The minimum atomic E-state index is -0.215. The van der Waals surface area contributed by atoms with E-state index in [1.807, 2.05) is 31.2 Å². The fraction of sp³-hybridized carbons (Fsp3) is 0.333. The molecular formula is C15H16BrN3O. The van der Waals surface area contributed by atoms with Gasteiger partial charge in [0.2, 0.25) is 0 Å². The topological polar surface area (TPSA) is 61.0 Å². The van der Waals surface area contributed by atoms with Crippen molar-refractivity contribution < 1.29 is 4.74 Å². The molecule has 0 bridgehead atoms. The Hall–Kier alpha value is -1.30. The zero-order valence-electron chi connectivity index (χ0n) is 11.3. The lowest BCUT2D eigenvalue weighted by molar-refractivity contribution is -0.0594. The van der Waals surface area contributed by atoms with Gasteiger partial charge in [-0.3, -0.25) is 0 Å². The molecule has 0 atom stereocenters. The molecule has 4 nitrogen and oxygen atoms in total. The third-order valence-electron chi connectivity index (χ3n) is 3.60. The number of nitrogens with zero attached hydrogens (tertiary/aromatic N) is 2. The van der Waals surface area contributed by atoms with E-state index in [-0.39, 0.29) is 5.41 Å². The number of aryl methyl sites for hydroxylation is 1. The monoisotopic (exact) mass is 333 g/mol. The van der Waals surface area contributed by atoms with Gasteiger partial charge in [-0.25, -0.2) is 9.97 Å². The lowest BCUT2D eigenvalue weighted by Gasteiger charge is -2.39. The zero-order chi connectivity index (χ0) is 14.2. The molecule has 5 heteroatoms. The van der Waals surface area contributed by atoms with Gasteiger partial charge < -0.3 is 10.5 Å². The van der Waals surface area contributed by atoms with Gasteiger partial charge in [0, 0.05) is 22.3 Å². The number of rotatable bonds is 3. The molecule has 0 radical (unpaired) electrons. The van der Waals surface area contributed by atoms with Crippen LogP contribution in [0.2, 0.25) is 0 Å². The van der Waals surface area contributed by atoms with Crippen molar-refractivity contribution in [1.82, 2.24) is 9.97 Å². The molecule has 1 aromatic heterocycles. The van der Waals surface area contributed by atoms with E-state index in [0.29, 0.717) is 19.8 Å². The van der Waals surface area contributed by atoms with Gasteiger partial charge in [-0.15, -0.1) is 0 Å². The SMILES string of the molecule is Cc1cc(-c2cccc(Br)c2)nc(C2(CN)COC2)n1. The van der Waals surface area contributed by atoms with Gasteiger partial charge in [-0.2, -0.15) is 0 Å². The van der Waals surface area contributed by atoms with E-state index in [1.165, 1.54) is 0 Å². The Morgan fingerprint density at radius 3 is 2.70 bits per heavy atom. The number of benzene rings is 1. The summed E-state index contributed by atoms with van der Waals surface area (Å²) in [5.74, 6) is 0.793. The molecule has 1 aliphatic rings. The third-order valence-corrected chi connectivity index (χ3v) is 4.09. The molecule has 3 rings (SSSR count). The van der Waals surface area contributed by atoms with Crippen LogP contribution in [0.1, 0.15) is 11.5 Å². The van der Waals surface area contributed by atoms with Gasteiger partial charge in [-0.1, -0.05) is 28.1 Å². The maximum absolute atomic E-state index is 5.90. The van der Waals surface area contributed by atoms with Gasteiger partial charge in [0.25, 0.3) is 0 Å². The second-order valence-electron chi connectivity index (χ2n) is 5.21. The Kier molecular flexibility index (Phi) is 3.58. The Labute approximate surface area is 126 Å². The van der Waals surface area contributed by atoms with Crippen LogP contribution in [-0.4, -0.2) is 29.7 Å². The summed E-state index contributed by atoms with van der Waals surface area (Å²) < 4.78 is 6.36. The minimum absolute atomic E-state index is 0.215. The molecule has 2 N–H and O–H groups in total. The molecule has 104 valence electrons. The van der Waals surface area contributed by atoms with Gasteiger partial charge in [0.15, 0.2) is 0 Å². The fourth-order valence-corrected chi connectivity index (χ4v) is 2.69. The van der Waals surface area contributed by atoms with Crippen molar-refractivity contribution in [3.05, 3.63) is 46.3 Å². The molecule has 1 fully saturated rings. The molecule has 1 saturated heterocycles. The Bertz CT molecular complexity index is 635. The first-order chi connectivity index (χ1) is 9.63. The summed E-state index contributed by atoms with van der Waals surface area (Å²) >= 11 is 3.49. The van der Waals surface area contributed by atoms with Gasteiger partial charge in [-0.05, 0) is 25.1 Å². The van der Waals surface area contributed by atoms with Crippen LogP contribution < -0.4 is 5.73 Å². The summed E-state index contributed by atoms with van der Waals surface area (Å²) in [5.41, 5.74) is 8.62. The van der Waals surface area contributed by atoms with Crippen LogP contribution in [-0.2, 0) is 10.2 Å². The molecular weight excluding hydrogens is 318 g/mol. The highest BCUT2D eigenvalue weighted by atomic mass is 79.9. The maximum atomic E-state index is 5.90. The van der Waals surface area contributed by atoms with Crippen molar-refractivity contribution in [3.63, 3.8) is 0 Å². The first-order valence-electron chi connectivity index (χ1n) is 6.53. The fourth-order valence-electron chi connectivity index (χ4n) is 2.29. The van der Waals surface area contributed by atoms with Crippen molar-refractivity contribution in [2.45, 2.75) is 12.3 Å². The molecule has 0 amide bonds. The minimum Gasteiger partial charge on any atom is -0.379 e. The quantitative estimate of drug-likeness (QED) is 0.937. The van der Waals surface area contributed by atoms with Crippen molar-refractivity contribution >= 4 is 15.9 Å². The highest BCUT2D eigenvalue weighted by Gasteiger charge is 2.42. The largest absolute Gasteiger partial charge is 0.379 e. The van der Waals surface area contributed by atoms with Crippen LogP contribution in [0.25, 0.3) is 11.3 Å². The van der Waals surface area contributed by atoms with Crippen molar-refractivity contribution in [1.29, 1.82) is 0 Å². The molecule has 0 spiro atoms. The maximum Gasteiger partial charge on any atom is 0.141 e. The lowest BCUT2D eigenvalue weighted by atomic mass is 9.85. The average molecular weight is 334 g/mol. The number of ether oxygens (including phenoxy) is 1. The van der Waals surface area contributed by atoms with E-state index in [9.17, 15) is 0 Å². The molecule has 1 aromatic carbocycles. The van der Waals surface area contributed by atoms with E-state index in [0.717, 1.165) is 27.2 Å². The van der Waals surface area contributed by atoms with Crippen LogP contribution in [0.4, 0.5) is 0 Å². The summed E-state index contributed by atoms with van der Waals surface area (Å²) in [6.45, 7) is 3.69. The molecule has 2 heterocycles. The van der Waals surface area contributed by atoms with E-state index < -0.39 is 0 Å². The number of nitrogens with two attached hydrogens (primary N) is 1. The standard InChI is InChI=1S/C15H16BrN3O/c1-10-5-13(11-3-2-4-12(16)6-11)19-14(18-10)15(7-17)8-20-9-15/h2-6H,7-9,17H2,1H3. The average Bonchev–Trinajstić information content (AvgIpc) is 2.37. The molecule has 1 aliphatic heterocycles. The summed E-state index contributed by atoms with van der Waals surface area (Å²) in [7, 11) is 0. The first-order valence-corrected chi connectivity index (χ1v) is 7.32. The van der Waals surface area contributed by atoms with Crippen molar-refractivity contribution in [2.75, 3.05) is 19.8 Å². The molecule has 20 heavy (non-hydrogen) atoms. The predicted octanol–water partition coefficient (Wildman–Crippen LogP) is 2.44. The van der Waals surface area contributed by atoms with Gasteiger partial charge >= 0.3 is 0 Å². The van der Waals surface area contributed by atoms with Crippen LogP contribution in [0, 0.1) is 6.92 Å². The highest BCUT2D eigenvalue weighted by Crippen LogP contribution is 2.31. The lowest BCUT2D eigenvalue weighted by Crippen LogP contribution is -2.53. The number of hydrogen-bond acceptors (Lipinski definition) is 4. The normalized spacial score (nSPS) is 16.8. The smallest absolute Gasteiger partial charge is 0.141 e. The number of aromatic nitrogens is 2. The number of hydrogen-bond donors (Lipinski definition) is 1. The van der Waals surface area contributed by atoms with Crippen LogP contribution >= 0.6 is 15.9 Å². The van der Waals surface area contributed by atoms with Crippen LogP contribution in [0.3, 0.4) is 0 Å². The second-order valence-corrected chi connectivity index (χ2v) is 6.12. The highest BCUT2D eigenvalue weighted by molar-refractivity contribution is 9.10. The zero-order valence-corrected chi connectivity index (χ0v) is 12.9. The second kappa shape index (κ2) is 5.24. The number of halogens is 1. The van der Waals surface area contributed by atoms with Gasteiger partial charge in [0.1, 0.15) is 5.82 Å². The van der Waals surface area contributed by atoms with E-state index in [4.69, 9.17) is 15.5 Å². The summed E-state index contributed by atoms with van der Waals surface area (Å²) in [5, 5.41) is 0. The first kappa shape index (κ1) is 13.7. The molecule has 2 aromatic rings. The van der Waals surface area contributed by atoms with Crippen LogP contribution in [0.5, 0.6) is 0 Å². The van der Waals surface area contributed by atoms with Crippen molar-refractivity contribution in [2.24, 2.45) is 5.73 Å².